The molecule has 2 aromatic rings. The summed E-state index contributed by atoms with van der Waals surface area (Å²) in [4.78, 5) is 8.16. The van der Waals surface area contributed by atoms with Gasteiger partial charge in [-0.05, 0) is 28.1 Å². The third kappa shape index (κ3) is 1.64. The van der Waals surface area contributed by atoms with Crippen LogP contribution < -0.4 is 0 Å². The molecule has 0 unspecified atom stereocenters. The Hall–Kier alpha value is -0.380. The Morgan fingerprint density at radius 3 is 2.77 bits per heavy atom. The first-order chi connectivity index (χ1) is 6.18. The van der Waals surface area contributed by atoms with Crippen LogP contribution in [0.2, 0.25) is 10.2 Å². The second kappa shape index (κ2) is 3.40. The van der Waals surface area contributed by atoms with Crippen molar-refractivity contribution < 1.29 is 0 Å². The first kappa shape index (κ1) is 9.19. The smallest absolute Gasteiger partial charge is 0.148 e. The molecule has 0 saturated carbocycles. The largest absolute Gasteiger partial charge is 0.251 e. The molecule has 0 N–H and O–H groups in total. The van der Waals surface area contributed by atoms with Crippen LogP contribution in [0.4, 0.5) is 0 Å². The summed E-state index contributed by atoms with van der Waals surface area (Å²) in [5.41, 5.74) is 1.35. The molecule has 1 aromatic heterocycles. The van der Waals surface area contributed by atoms with E-state index in [0.29, 0.717) is 15.7 Å². The van der Waals surface area contributed by atoms with E-state index in [9.17, 15) is 0 Å². The maximum atomic E-state index is 5.99. The summed E-state index contributed by atoms with van der Waals surface area (Å²) in [6.45, 7) is 0. The van der Waals surface area contributed by atoms with Crippen LogP contribution in [0.5, 0.6) is 0 Å². The lowest BCUT2D eigenvalue weighted by atomic mass is 10.3. The Kier molecular flexibility index (Phi) is 2.41. The van der Waals surface area contributed by atoms with Gasteiger partial charge in [0.05, 0.1) is 16.7 Å². The van der Waals surface area contributed by atoms with E-state index in [4.69, 9.17) is 23.2 Å². The van der Waals surface area contributed by atoms with E-state index in [1.165, 1.54) is 6.20 Å². The molecule has 13 heavy (non-hydrogen) atoms. The van der Waals surface area contributed by atoms with Crippen LogP contribution in [-0.4, -0.2) is 9.97 Å². The molecule has 0 bridgehead atoms. The van der Waals surface area contributed by atoms with Crippen molar-refractivity contribution in [2.45, 2.75) is 0 Å². The summed E-state index contributed by atoms with van der Waals surface area (Å²) < 4.78 is 0.790. The molecular formula is C8H3BrCl2N2. The Balaban J connectivity index is 2.89. The normalized spacial score (nSPS) is 10.7. The Bertz CT molecular complexity index is 468. The highest BCUT2D eigenvalue weighted by atomic mass is 79.9. The number of halogens is 3. The molecule has 1 heterocycles. The van der Waals surface area contributed by atoms with E-state index in [1.54, 1.807) is 0 Å². The van der Waals surface area contributed by atoms with Crippen molar-refractivity contribution in [2.24, 2.45) is 0 Å². The van der Waals surface area contributed by atoms with Gasteiger partial charge in [0.2, 0.25) is 0 Å². The lowest BCUT2D eigenvalue weighted by molar-refractivity contribution is 1.29. The maximum Gasteiger partial charge on any atom is 0.148 e. The summed E-state index contributed by atoms with van der Waals surface area (Å²) in [7, 11) is 0. The minimum atomic E-state index is 0.340. The Labute approximate surface area is 93.0 Å². The van der Waals surface area contributed by atoms with Gasteiger partial charge in [0, 0.05) is 4.47 Å². The molecule has 0 atom stereocenters. The van der Waals surface area contributed by atoms with Gasteiger partial charge in [0.15, 0.2) is 0 Å². The topological polar surface area (TPSA) is 25.8 Å². The van der Waals surface area contributed by atoms with Gasteiger partial charge in [-0.2, -0.15) is 0 Å². The summed E-state index contributed by atoms with van der Waals surface area (Å²) in [5.74, 6) is 0. The number of hydrogen-bond acceptors (Lipinski definition) is 2. The van der Waals surface area contributed by atoms with Crippen LogP contribution in [0, 0.1) is 0 Å². The van der Waals surface area contributed by atoms with Crippen LogP contribution in [0.1, 0.15) is 0 Å². The van der Waals surface area contributed by atoms with Gasteiger partial charge in [-0.15, -0.1) is 0 Å². The third-order valence-corrected chi connectivity index (χ3v) is 3.03. The van der Waals surface area contributed by atoms with Gasteiger partial charge < -0.3 is 0 Å². The van der Waals surface area contributed by atoms with Crippen molar-refractivity contribution in [1.82, 2.24) is 9.97 Å². The highest BCUT2D eigenvalue weighted by Crippen LogP contribution is 2.29. The average Bonchev–Trinajstić information content (AvgIpc) is 2.12. The standard InChI is InChI=1S/C8H3BrCl2N2/c9-4-1-2-5-8(7(4)11)13-6(10)3-12-5/h1-3H. The number of fused-ring (bicyclic) bond motifs is 1. The predicted molar refractivity (Wildman–Crippen MR) is 57.3 cm³/mol. The van der Waals surface area contributed by atoms with Crippen LogP contribution >= 0.6 is 39.1 Å². The summed E-state index contributed by atoms with van der Waals surface area (Å²) >= 11 is 15.0. The summed E-state index contributed by atoms with van der Waals surface area (Å²) in [6, 6.07) is 3.65. The van der Waals surface area contributed by atoms with E-state index in [2.05, 4.69) is 25.9 Å². The first-order valence-corrected chi connectivity index (χ1v) is 4.99. The van der Waals surface area contributed by atoms with Gasteiger partial charge in [-0.1, -0.05) is 23.2 Å². The van der Waals surface area contributed by atoms with Crippen molar-refractivity contribution in [3.63, 3.8) is 0 Å². The van der Waals surface area contributed by atoms with Crippen molar-refractivity contribution in [3.05, 3.63) is 33.0 Å². The van der Waals surface area contributed by atoms with Crippen molar-refractivity contribution in [2.75, 3.05) is 0 Å². The zero-order valence-corrected chi connectivity index (χ0v) is 9.36. The summed E-state index contributed by atoms with van der Waals surface area (Å²) in [6.07, 6.45) is 1.49. The average molecular weight is 278 g/mol. The molecule has 0 spiro atoms. The molecule has 0 amide bonds. The molecule has 0 aliphatic rings. The van der Waals surface area contributed by atoms with Crippen LogP contribution in [0.15, 0.2) is 22.8 Å². The third-order valence-electron chi connectivity index (χ3n) is 1.58. The minimum absolute atomic E-state index is 0.340. The maximum absolute atomic E-state index is 5.99. The fraction of sp³-hybridized carbons (Fsp3) is 0. The van der Waals surface area contributed by atoms with Crippen molar-refractivity contribution in [3.8, 4) is 0 Å². The van der Waals surface area contributed by atoms with E-state index < -0.39 is 0 Å². The van der Waals surface area contributed by atoms with Gasteiger partial charge in [-0.3, -0.25) is 4.98 Å². The first-order valence-electron chi connectivity index (χ1n) is 3.45. The zero-order chi connectivity index (χ0) is 9.42. The monoisotopic (exact) mass is 276 g/mol. The molecule has 2 rings (SSSR count). The van der Waals surface area contributed by atoms with Gasteiger partial charge in [-0.25, -0.2) is 4.98 Å². The molecule has 0 aliphatic carbocycles. The van der Waals surface area contributed by atoms with E-state index >= 15 is 0 Å². The lowest BCUT2D eigenvalue weighted by Crippen LogP contribution is -1.85. The Morgan fingerprint density at radius 1 is 1.23 bits per heavy atom. The summed E-state index contributed by atoms with van der Waals surface area (Å²) in [5, 5.41) is 0.875. The van der Waals surface area contributed by atoms with Crippen LogP contribution in [-0.2, 0) is 0 Å². The predicted octanol–water partition coefficient (Wildman–Crippen LogP) is 3.70. The molecule has 66 valence electrons. The second-order valence-electron chi connectivity index (χ2n) is 2.42. The highest BCUT2D eigenvalue weighted by Gasteiger charge is 2.05. The Morgan fingerprint density at radius 2 is 2.00 bits per heavy atom. The number of hydrogen-bond donors (Lipinski definition) is 0. The molecule has 1 aromatic carbocycles. The molecule has 5 heteroatoms. The van der Waals surface area contributed by atoms with Crippen LogP contribution in [0.3, 0.4) is 0 Å². The molecular weight excluding hydrogens is 275 g/mol. The SMILES string of the molecule is Clc1cnc2ccc(Br)c(Cl)c2n1. The molecule has 0 aliphatic heterocycles. The van der Waals surface area contributed by atoms with E-state index in [-0.39, 0.29) is 0 Å². The fourth-order valence-corrected chi connectivity index (χ4v) is 1.65. The van der Waals surface area contributed by atoms with E-state index in [0.717, 1.165) is 9.99 Å². The molecule has 0 fully saturated rings. The highest BCUT2D eigenvalue weighted by molar-refractivity contribution is 9.10. The number of rotatable bonds is 0. The number of benzene rings is 1. The van der Waals surface area contributed by atoms with Gasteiger partial charge in [0.25, 0.3) is 0 Å². The molecule has 2 nitrogen and oxygen atoms in total. The van der Waals surface area contributed by atoms with Crippen LogP contribution in [0.25, 0.3) is 11.0 Å². The van der Waals surface area contributed by atoms with Crippen molar-refractivity contribution in [1.29, 1.82) is 0 Å². The van der Waals surface area contributed by atoms with Gasteiger partial charge in [0.1, 0.15) is 10.7 Å². The quantitative estimate of drug-likeness (QED) is 0.734. The second-order valence-corrected chi connectivity index (χ2v) is 4.04. The number of aromatic nitrogens is 2. The van der Waals surface area contributed by atoms with Crippen molar-refractivity contribution >= 4 is 50.2 Å². The fourth-order valence-electron chi connectivity index (χ4n) is 0.999. The lowest BCUT2D eigenvalue weighted by Gasteiger charge is -2.00. The zero-order valence-electron chi connectivity index (χ0n) is 6.26. The van der Waals surface area contributed by atoms with Gasteiger partial charge >= 0.3 is 0 Å². The van der Waals surface area contributed by atoms with E-state index in [1.807, 2.05) is 12.1 Å². The molecule has 0 saturated heterocycles. The number of nitrogens with zero attached hydrogens (tertiary/aromatic N) is 2. The minimum Gasteiger partial charge on any atom is -0.251 e. The molecule has 0 radical (unpaired) electrons.